The Morgan fingerprint density at radius 3 is 2.48 bits per heavy atom. The third-order valence-corrected chi connectivity index (χ3v) is 6.77. The Morgan fingerprint density at radius 1 is 1.21 bits per heavy atom. The summed E-state index contributed by atoms with van der Waals surface area (Å²) in [6, 6.07) is 14.2. The van der Waals surface area contributed by atoms with Gasteiger partial charge in [-0.25, -0.2) is 0 Å². The highest BCUT2D eigenvalue weighted by Crippen LogP contribution is 2.51. The summed E-state index contributed by atoms with van der Waals surface area (Å²) in [7, 11) is 0. The first kappa shape index (κ1) is 19.5. The number of nitrogens with two attached hydrogens (primary N) is 1. The van der Waals surface area contributed by atoms with Gasteiger partial charge >= 0.3 is 0 Å². The number of para-hydroxylation sites is 1. The molecule has 1 atom stereocenters. The van der Waals surface area contributed by atoms with E-state index in [4.69, 9.17) is 5.73 Å². The second-order valence-electron chi connectivity index (χ2n) is 8.68. The molecular weight excluding hydrogens is 378 g/mol. The molecule has 1 unspecified atom stereocenters. The molecule has 0 bridgehead atoms. The normalized spacial score (nSPS) is 21.3. The minimum absolute atomic E-state index is 0.116. The van der Waals surface area contributed by atoms with Gasteiger partial charge < -0.3 is 5.73 Å². The predicted molar refractivity (Wildman–Crippen MR) is 117 cm³/mol. The number of benzene rings is 1. The maximum atomic E-state index is 13.4. The molecule has 148 valence electrons. The Bertz CT molecular complexity index is 1100. The van der Waals surface area contributed by atoms with Gasteiger partial charge in [-0.15, -0.1) is 11.3 Å². The van der Waals surface area contributed by atoms with Gasteiger partial charge in [-0.2, -0.15) is 5.26 Å². The fraction of sp³-hybridized carbons (Fsp3) is 0.333. The highest BCUT2D eigenvalue weighted by atomic mass is 32.1. The van der Waals surface area contributed by atoms with Gasteiger partial charge in [-0.05, 0) is 49.4 Å². The number of nitriles is 1. The first-order chi connectivity index (χ1) is 13.7. The van der Waals surface area contributed by atoms with Crippen LogP contribution in [-0.4, -0.2) is 5.78 Å². The van der Waals surface area contributed by atoms with Crippen LogP contribution in [0.15, 0.2) is 59.1 Å². The number of carbonyl (C=O) groups excluding carboxylic acids is 1. The number of aryl methyl sites for hydroxylation is 2. The Balaban J connectivity index is 2.02. The molecule has 2 aromatic rings. The molecule has 4 nitrogen and oxygen atoms in total. The molecular formula is C24H25N3OS. The minimum Gasteiger partial charge on any atom is -0.384 e. The monoisotopic (exact) mass is 403 g/mol. The van der Waals surface area contributed by atoms with Gasteiger partial charge in [0.15, 0.2) is 5.78 Å². The fourth-order valence-electron chi connectivity index (χ4n) is 4.63. The lowest BCUT2D eigenvalue weighted by Crippen LogP contribution is -2.42. The summed E-state index contributed by atoms with van der Waals surface area (Å²) in [5, 5.41) is 10.1. The molecule has 0 saturated carbocycles. The van der Waals surface area contributed by atoms with E-state index < -0.39 is 0 Å². The van der Waals surface area contributed by atoms with Crippen LogP contribution in [0.1, 0.15) is 47.9 Å². The van der Waals surface area contributed by atoms with Crippen LogP contribution >= 0.6 is 11.3 Å². The minimum atomic E-state index is -0.386. The van der Waals surface area contributed by atoms with Crippen molar-refractivity contribution in [3.05, 3.63) is 74.4 Å². The smallest absolute Gasteiger partial charge is 0.162 e. The van der Waals surface area contributed by atoms with Gasteiger partial charge in [0.2, 0.25) is 0 Å². The second-order valence-corrected chi connectivity index (χ2v) is 10.1. The Morgan fingerprint density at radius 2 is 1.90 bits per heavy atom. The maximum Gasteiger partial charge on any atom is 0.162 e. The fourth-order valence-corrected chi connectivity index (χ4v) is 5.59. The van der Waals surface area contributed by atoms with Crippen LogP contribution in [0.4, 0.5) is 5.69 Å². The largest absolute Gasteiger partial charge is 0.384 e. The molecule has 0 amide bonds. The van der Waals surface area contributed by atoms with Gasteiger partial charge in [0.05, 0.1) is 17.6 Å². The number of ketones is 1. The third kappa shape index (κ3) is 3.18. The molecule has 5 heteroatoms. The predicted octanol–water partition coefficient (Wildman–Crippen LogP) is 5.31. The number of rotatable bonds is 2. The van der Waals surface area contributed by atoms with Crippen molar-refractivity contribution in [2.24, 2.45) is 11.1 Å². The van der Waals surface area contributed by atoms with Gasteiger partial charge in [-0.3, -0.25) is 9.69 Å². The van der Waals surface area contributed by atoms with Crippen molar-refractivity contribution in [3.63, 3.8) is 0 Å². The first-order valence-electron chi connectivity index (χ1n) is 9.81. The molecule has 0 fully saturated rings. The molecule has 0 saturated heterocycles. The number of hydrogen-bond acceptors (Lipinski definition) is 5. The van der Waals surface area contributed by atoms with Crippen LogP contribution in [0.25, 0.3) is 0 Å². The SMILES string of the molecule is Cc1cc(C2C(C#N)=C(N)N(c3ccccc3)C3=C2C(=O)CC(C)(C)C3)c(C)s1. The van der Waals surface area contributed by atoms with Crippen LogP contribution in [-0.2, 0) is 4.79 Å². The molecule has 0 spiro atoms. The van der Waals surface area contributed by atoms with E-state index in [1.807, 2.05) is 35.2 Å². The van der Waals surface area contributed by atoms with E-state index in [-0.39, 0.29) is 17.1 Å². The molecule has 1 aliphatic heterocycles. The van der Waals surface area contributed by atoms with Crippen LogP contribution < -0.4 is 10.6 Å². The number of Topliss-reactive ketones (excluding diaryl/α,β-unsaturated/α-hetero) is 1. The second kappa shape index (κ2) is 6.89. The summed E-state index contributed by atoms with van der Waals surface area (Å²) in [5.41, 5.74) is 10.5. The highest BCUT2D eigenvalue weighted by Gasteiger charge is 2.45. The van der Waals surface area contributed by atoms with Crippen molar-refractivity contribution in [2.75, 3.05) is 4.90 Å². The van der Waals surface area contributed by atoms with Crippen molar-refractivity contribution in [3.8, 4) is 6.07 Å². The molecule has 0 radical (unpaired) electrons. The van der Waals surface area contributed by atoms with E-state index >= 15 is 0 Å². The molecule has 2 heterocycles. The first-order valence-corrected chi connectivity index (χ1v) is 10.6. The Kier molecular flexibility index (Phi) is 4.63. The number of allylic oxidation sites excluding steroid dienone is 3. The van der Waals surface area contributed by atoms with Gasteiger partial charge in [0.1, 0.15) is 5.82 Å². The highest BCUT2D eigenvalue weighted by molar-refractivity contribution is 7.12. The van der Waals surface area contributed by atoms with Gasteiger partial charge in [0, 0.05) is 33.1 Å². The summed E-state index contributed by atoms with van der Waals surface area (Å²) in [5.74, 6) is 0.158. The molecule has 1 aromatic carbocycles. The van der Waals surface area contributed by atoms with Gasteiger partial charge in [0.25, 0.3) is 0 Å². The average molecular weight is 404 g/mol. The van der Waals surface area contributed by atoms with E-state index in [0.717, 1.165) is 33.8 Å². The summed E-state index contributed by atoms with van der Waals surface area (Å²) < 4.78 is 0. The lowest BCUT2D eigenvalue weighted by molar-refractivity contribution is -0.118. The van der Waals surface area contributed by atoms with E-state index in [0.29, 0.717) is 17.8 Å². The summed E-state index contributed by atoms with van der Waals surface area (Å²) in [4.78, 5) is 17.7. The molecule has 1 aromatic heterocycles. The zero-order valence-corrected chi connectivity index (χ0v) is 18.1. The van der Waals surface area contributed by atoms with Crippen molar-refractivity contribution in [2.45, 2.75) is 46.5 Å². The average Bonchev–Trinajstić information content (AvgIpc) is 2.98. The topological polar surface area (TPSA) is 70.1 Å². The summed E-state index contributed by atoms with van der Waals surface area (Å²) in [6.07, 6.45) is 1.22. The van der Waals surface area contributed by atoms with E-state index in [1.54, 1.807) is 11.3 Å². The number of carbonyl (C=O) groups is 1. The molecule has 29 heavy (non-hydrogen) atoms. The van der Waals surface area contributed by atoms with E-state index in [2.05, 4.69) is 39.8 Å². The van der Waals surface area contributed by atoms with Crippen molar-refractivity contribution >= 4 is 22.8 Å². The zero-order chi connectivity index (χ0) is 20.9. The van der Waals surface area contributed by atoms with Crippen LogP contribution in [0.5, 0.6) is 0 Å². The number of nitrogens with zero attached hydrogens (tertiary/aromatic N) is 2. The summed E-state index contributed by atoms with van der Waals surface area (Å²) in [6.45, 7) is 8.35. The molecule has 2 aliphatic rings. The van der Waals surface area contributed by atoms with Crippen LogP contribution in [0.3, 0.4) is 0 Å². The molecule has 2 N–H and O–H groups in total. The van der Waals surface area contributed by atoms with Gasteiger partial charge in [-0.1, -0.05) is 32.0 Å². The quantitative estimate of drug-likeness (QED) is 0.738. The lowest BCUT2D eigenvalue weighted by atomic mass is 9.68. The van der Waals surface area contributed by atoms with Crippen molar-refractivity contribution in [1.82, 2.24) is 0 Å². The number of anilines is 1. The standard InChI is InChI=1S/C24H25N3OS/c1-14-10-17(15(2)29-14)21-18(13-25)23(26)27(16-8-6-5-7-9-16)19-11-24(3,4)12-20(28)22(19)21/h5-10,21H,11-12,26H2,1-4H3. The van der Waals surface area contributed by atoms with E-state index in [1.165, 1.54) is 4.88 Å². The van der Waals surface area contributed by atoms with Crippen molar-refractivity contribution in [1.29, 1.82) is 5.26 Å². The molecule has 4 rings (SSSR count). The third-order valence-electron chi connectivity index (χ3n) is 5.79. The Hall–Kier alpha value is -2.84. The number of thiophene rings is 1. The maximum absolute atomic E-state index is 13.4. The zero-order valence-electron chi connectivity index (χ0n) is 17.2. The van der Waals surface area contributed by atoms with Crippen LogP contribution in [0.2, 0.25) is 0 Å². The lowest BCUT2D eigenvalue weighted by Gasteiger charge is -2.43. The molecule has 1 aliphatic carbocycles. The summed E-state index contributed by atoms with van der Waals surface area (Å²) >= 11 is 1.69. The van der Waals surface area contributed by atoms with Crippen LogP contribution in [0, 0.1) is 30.6 Å². The van der Waals surface area contributed by atoms with Crippen molar-refractivity contribution < 1.29 is 4.79 Å². The van der Waals surface area contributed by atoms with E-state index in [9.17, 15) is 10.1 Å². The Labute approximate surface area is 176 Å². The number of hydrogen-bond donors (Lipinski definition) is 1.